The van der Waals surface area contributed by atoms with Crippen molar-refractivity contribution in [2.24, 2.45) is 17.8 Å². The van der Waals surface area contributed by atoms with Crippen molar-refractivity contribution in [3.63, 3.8) is 0 Å². The molecule has 0 radical (unpaired) electrons. The quantitative estimate of drug-likeness (QED) is 0.793. The third kappa shape index (κ3) is 2.09. The van der Waals surface area contributed by atoms with Gasteiger partial charge in [-0.3, -0.25) is 0 Å². The van der Waals surface area contributed by atoms with E-state index in [-0.39, 0.29) is 0 Å². The van der Waals surface area contributed by atoms with Gasteiger partial charge in [-0.05, 0) is 68.6 Å². The first-order valence-electron chi connectivity index (χ1n) is 7.26. The number of nitrogens with two attached hydrogens (primary N) is 1. The van der Waals surface area contributed by atoms with Gasteiger partial charge in [0.15, 0.2) is 0 Å². The molecule has 1 aromatic carbocycles. The standard InChI is InChI=1S/C16H24N2/c1-10-3-6-14(17)9-16(10)18-11(2)15-8-12-4-5-13(15)7-12/h3,6,9,11-13,15,18H,4-5,7-8,17H2,1-2H3. The Morgan fingerprint density at radius 3 is 2.78 bits per heavy atom. The van der Waals surface area contributed by atoms with E-state index >= 15 is 0 Å². The van der Waals surface area contributed by atoms with Gasteiger partial charge in [0.05, 0.1) is 0 Å². The summed E-state index contributed by atoms with van der Waals surface area (Å²) in [6.07, 6.45) is 5.84. The Hall–Kier alpha value is -1.18. The van der Waals surface area contributed by atoms with Crippen LogP contribution in [0.1, 0.15) is 38.2 Å². The van der Waals surface area contributed by atoms with Crippen molar-refractivity contribution in [1.29, 1.82) is 0 Å². The first kappa shape index (κ1) is 11.9. The maximum absolute atomic E-state index is 5.88. The highest BCUT2D eigenvalue weighted by Gasteiger charge is 2.41. The predicted molar refractivity (Wildman–Crippen MR) is 77.6 cm³/mol. The molecule has 2 bridgehead atoms. The lowest BCUT2D eigenvalue weighted by Gasteiger charge is -2.29. The monoisotopic (exact) mass is 244 g/mol. The molecule has 18 heavy (non-hydrogen) atoms. The largest absolute Gasteiger partial charge is 0.399 e. The zero-order valence-electron chi connectivity index (χ0n) is 11.4. The summed E-state index contributed by atoms with van der Waals surface area (Å²) in [6.45, 7) is 4.49. The highest BCUT2D eigenvalue weighted by Crippen LogP contribution is 2.49. The number of fused-ring (bicyclic) bond motifs is 2. The Kier molecular flexibility index (Phi) is 2.96. The van der Waals surface area contributed by atoms with Crippen LogP contribution in [0.25, 0.3) is 0 Å². The van der Waals surface area contributed by atoms with Crippen LogP contribution < -0.4 is 11.1 Å². The zero-order chi connectivity index (χ0) is 12.7. The van der Waals surface area contributed by atoms with Crippen LogP contribution in [0.2, 0.25) is 0 Å². The third-order valence-electron chi connectivity index (χ3n) is 5.08. The van der Waals surface area contributed by atoms with Crippen molar-refractivity contribution >= 4 is 11.4 Å². The summed E-state index contributed by atoms with van der Waals surface area (Å²) < 4.78 is 0. The number of hydrogen-bond donors (Lipinski definition) is 2. The van der Waals surface area contributed by atoms with E-state index in [1.807, 2.05) is 6.07 Å². The van der Waals surface area contributed by atoms with Gasteiger partial charge in [-0.15, -0.1) is 0 Å². The van der Waals surface area contributed by atoms with Gasteiger partial charge in [0, 0.05) is 17.4 Å². The normalized spacial score (nSPS) is 31.6. The number of nitrogen functional groups attached to an aromatic ring is 1. The SMILES string of the molecule is Cc1ccc(N)cc1NC(C)C1CC2CCC1C2. The van der Waals surface area contributed by atoms with Crippen molar-refractivity contribution < 1.29 is 0 Å². The smallest absolute Gasteiger partial charge is 0.0392 e. The van der Waals surface area contributed by atoms with Crippen molar-refractivity contribution in [2.75, 3.05) is 11.1 Å². The van der Waals surface area contributed by atoms with Crippen molar-refractivity contribution in [1.82, 2.24) is 0 Å². The maximum Gasteiger partial charge on any atom is 0.0392 e. The lowest BCUT2D eigenvalue weighted by Crippen LogP contribution is -2.30. The molecule has 2 aliphatic carbocycles. The molecule has 3 N–H and O–H groups in total. The maximum atomic E-state index is 5.88. The van der Waals surface area contributed by atoms with Crippen molar-refractivity contribution in [2.45, 2.75) is 45.6 Å². The lowest BCUT2D eigenvalue weighted by atomic mass is 9.84. The molecular formula is C16H24N2. The van der Waals surface area contributed by atoms with Gasteiger partial charge in [0.1, 0.15) is 0 Å². The molecule has 4 atom stereocenters. The van der Waals surface area contributed by atoms with Gasteiger partial charge in [0.2, 0.25) is 0 Å². The molecule has 1 aromatic rings. The van der Waals surface area contributed by atoms with Crippen LogP contribution >= 0.6 is 0 Å². The van der Waals surface area contributed by atoms with Gasteiger partial charge < -0.3 is 11.1 Å². The molecule has 0 spiro atoms. The minimum Gasteiger partial charge on any atom is -0.399 e. The van der Waals surface area contributed by atoms with Crippen LogP contribution in [0, 0.1) is 24.7 Å². The average molecular weight is 244 g/mol. The van der Waals surface area contributed by atoms with Gasteiger partial charge in [0.25, 0.3) is 0 Å². The molecule has 0 saturated heterocycles. The van der Waals surface area contributed by atoms with Crippen LogP contribution in [0.15, 0.2) is 18.2 Å². The molecule has 3 rings (SSSR count). The van der Waals surface area contributed by atoms with E-state index in [0.717, 1.165) is 23.4 Å². The van der Waals surface area contributed by atoms with Gasteiger partial charge >= 0.3 is 0 Å². The Labute approximate surface area is 110 Å². The van der Waals surface area contributed by atoms with E-state index in [4.69, 9.17) is 5.73 Å². The second-order valence-electron chi connectivity index (χ2n) is 6.35. The summed E-state index contributed by atoms with van der Waals surface area (Å²) in [7, 11) is 0. The van der Waals surface area contributed by atoms with Gasteiger partial charge in [-0.1, -0.05) is 12.5 Å². The number of rotatable bonds is 3. The lowest BCUT2D eigenvalue weighted by molar-refractivity contribution is 0.304. The fourth-order valence-electron chi connectivity index (χ4n) is 4.05. The molecule has 2 aliphatic rings. The van der Waals surface area contributed by atoms with E-state index in [0.29, 0.717) is 6.04 Å². The number of anilines is 2. The first-order chi connectivity index (χ1) is 8.63. The summed E-state index contributed by atoms with van der Waals surface area (Å²) in [4.78, 5) is 0. The fraction of sp³-hybridized carbons (Fsp3) is 0.625. The number of nitrogens with one attached hydrogen (secondary N) is 1. The Balaban J connectivity index is 1.70. The summed E-state index contributed by atoms with van der Waals surface area (Å²) in [5.41, 5.74) is 9.23. The van der Waals surface area contributed by atoms with E-state index < -0.39 is 0 Å². The third-order valence-corrected chi connectivity index (χ3v) is 5.08. The molecule has 0 amide bonds. The van der Waals surface area contributed by atoms with E-state index in [1.54, 1.807) is 0 Å². The van der Waals surface area contributed by atoms with Crippen LogP contribution in [0.5, 0.6) is 0 Å². The molecule has 98 valence electrons. The number of benzene rings is 1. The van der Waals surface area contributed by atoms with Crippen LogP contribution in [0.3, 0.4) is 0 Å². The Bertz CT molecular complexity index is 441. The van der Waals surface area contributed by atoms with Gasteiger partial charge in [-0.25, -0.2) is 0 Å². The van der Waals surface area contributed by atoms with Crippen molar-refractivity contribution in [3.8, 4) is 0 Å². The molecule has 2 heteroatoms. The molecule has 0 heterocycles. The molecule has 2 fully saturated rings. The Morgan fingerprint density at radius 2 is 2.11 bits per heavy atom. The molecule has 0 aliphatic heterocycles. The predicted octanol–water partition coefficient (Wildman–Crippen LogP) is 3.81. The van der Waals surface area contributed by atoms with Gasteiger partial charge in [-0.2, -0.15) is 0 Å². The summed E-state index contributed by atoms with van der Waals surface area (Å²) in [5.74, 6) is 2.86. The van der Waals surface area contributed by atoms with Crippen LogP contribution in [-0.4, -0.2) is 6.04 Å². The van der Waals surface area contributed by atoms with E-state index in [2.05, 4.69) is 31.3 Å². The Morgan fingerprint density at radius 1 is 1.28 bits per heavy atom. The summed E-state index contributed by atoms with van der Waals surface area (Å²) in [6, 6.07) is 6.72. The highest BCUT2D eigenvalue weighted by atomic mass is 14.9. The highest BCUT2D eigenvalue weighted by molar-refractivity contribution is 5.59. The number of aryl methyl sites for hydroxylation is 1. The molecule has 4 unspecified atom stereocenters. The summed E-state index contributed by atoms with van der Waals surface area (Å²) >= 11 is 0. The van der Waals surface area contributed by atoms with Crippen molar-refractivity contribution in [3.05, 3.63) is 23.8 Å². The molecular weight excluding hydrogens is 220 g/mol. The minimum atomic E-state index is 0.570. The number of hydrogen-bond acceptors (Lipinski definition) is 2. The van der Waals surface area contributed by atoms with E-state index in [9.17, 15) is 0 Å². The fourth-order valence-corrected chi connectivity index (χ4v) is 4.05. The van der Waals surface area contributed by atoms with E-state index in [1.165, 1.54) is 36.9 Å². The second-order valence-corrected chi connectivity index (χ2v) is 6.35. The molecule has 2 saturated carbocycles. The van der Waals surface area contributed by atoms with Crippen LogP contribution in [0.4, 0.5) is 11.4 Å². The molecule has 2 nitrogen and oxygen atoms in total. The molecule has 0 aromatic heterocycles. The van der Waals surface area contributed by atoms with Crippen LogP contribution in [-0.2, 0) is 0 Å². The zero-order valence-corrected chi connectivity index (χ0v) is 11.4. The summed E-state index contributed by atoms with van der Waals surface area (Å²) in [5, 5.41) is 3.70. The average Bonchev–Trinajstić information content (AvgIpc) is 2.96. The second kappa shape index (κ2) is 4.49. The first-order valence-corrected chi connectivity index (χ1v) is 7.26. The minimum absolute atomic E-state index is 0.570. The topological polar surface area (TPSA) is 38.0 Å².